The second-order valence-electron chi connectivity index (χ2n) is 6.73. The van der Waals surface area contributed by atoms with Crippen LogP contribution in [0.15, 0.2) is 0 Å². The number of nitrogens with zero attached hydrogens (tertiary/aromatic N) is 1. The lowest BCUT2D eigenvalue weighted by atomic mass is 10.2. The van der Waals surface area contributed by atoms with Crippen molar-refractivity contribution in [3.63, 3.8) is 0 Å². The SMILES string of the molecule is CC(=O)OC(CC(N)=O)C[N+](C)(C)C.NC(=O)NCCC[C@H](N)C(=O)[O-]. The van der Waals surface area contributed by atoms with E-state index in [-0.39, 0.29) is 18.8 Å². The van der Waals surface area contributed by atoms with Crippen molar-refractivity contribution >= 4 is 23.9 Å². The van der Waals surface area contributed by atoms with Gasteiger partial charge in [-0.1, -0.05) is 0 Å². The van der Waals surface area contributed by atoms with Gasteiger partial charge in [0.2, 0.25) is 5.91 Å². The van der Waals surface area contributed by atoms with Crippen LogP contribution in [0.4, 0.5) is 4.79 Å². The quantitative estimate of drug-likeness (QED) is 0.177. The zero-order valence-corrected chi connectivity index (χ0v) is 15.8. The third-order valence-corrected chi connectivity index (χ3v) is 2.81. The summed E-state index contributed by atoms with van der Waals surface area (Å²) in [6, 6.07) is -1.60. The van der Waals surface area contributed by atoms with Crippen molar-refractivity contribution < 1.29 is 33.5 Å². The zero-order valence-electron chi connectivity index (χ0n) is 15.8. The Morgan fingerprint density at radius 1 is 1.15 bits per heavy atom. The van der Waals surface area contributed by atoms with Crippen LogP contribution in [-0.2, 0) is 19.1 Å². The molecule has 0 radical (unpaired) electrons. The van der Waals surface area contributed by atoms with Crippen molar-refractivity contribution in [3.8, 4) is 0 Å². The van der Waals surface area contributed by atoms with E-state index in [2.05, 4.69) is 5.32 Å². The van der Waals surface area contributed by atoms with Crippen LogP contribution in [0, 0.1) is 0 Å². The highest BCUT2D eigenvalue weighted by Gasteiger charge is 2.22. The Bertz CT molecular complexity index is 462. The van der Waals surface area contributed by atoms with Gasteiger partial charge in [0.05, 0.1) is 33.5 Å². The lowest BCUT2D eigenvalue weighted by molar-refractivity contribution is -0.873. The smallest absolute Gasteiger partial charge is 0.312 e. The molecule has 0 aromatic heterocycles. The Hall–Kier alpha value is -2.40. The van der Waals surface area contributed by atoms with Crippen LogP contribution in [0.1, 0.15) is 26.2 Å². The number of primary amides is 2. The Morgan fingerprint density at radius 2 is 1.69 bits per heavy atom. The zero-order chi connectivity index (χ0) is 20.9. The number of esters is 1. The maximum absolute atomic E-state index is 10.7. The number of carbonyl (C=O) groups is 4. The molecule has 1 unspecified atom stereocenters. The van der Waals surface area contributed by atoms with Crippen molar-refractivity contribution in [1.82, 2.24) is 5.32 Å². The molecule has 0 aliphatic rings. The summed E-state index contributed by atoms with van der Waals surface area (Å²) < 4.78 is 5.60. The molecule has 0 saturated heterocycles. The Labute approximate surface area is 153 Å². The number of quaternary nitrogens is 1. The largest absolute Gasteiger partial charge is 0.548 e. The van der Waals surface area contributed by atoms with E-state index in [9.17, 15) is 24.3 Å². The number of nitrogens with two attached hydrogens (primary N) is 3. The van der Waals surface area contributed by atoms with Crippen LogP contribution < -0.4 is 27.6 Å². The molecular weight excluding hydrogens is 346 g/mol. The monoisotopic (exact) mass is 377 g/mol. The van der Waals surface area contributed by atoms with Gasteiger partial charge in [-0.2, -0.15) is 0 Å². The molecule has 3 amide bonds. The van der Waals surface area contributed by atoms with Crippen molar-refractivity contribution in [2.24, 2.45) is 17.2 Å². The summed E-state index contributed by atoms with van der Waals surface area (Å²) in [7, 11) is 5.87. The van der Waals surface area contributed by atoms with Crippen molar-refractivity contribution in [1.29, 1.82) is 0 Å². The molecule has 2 atom stereocenters. The van der Waals surface area contributed by atoms with Gasteiger partial charge in [0, 0.05) is 19.5 Å². The number of carboxylic acid groups (broad SMARTS) is 1. The molecule has 0 aliphatic heterocycles. The number of amides is 3. The molecule has 0 spiro atoms. The first-order valence-corrected chi connectivity index (χ1v) is 8.00. The molecule has 0 saturated carbocycles. The summed E-state index contributed by atoms with van der Waals surface area (Å²) in [5.74, 6) is -2.12. The minimum atomic E-state index is -1.28. The highest BCUT2D eigenvalue weighted by molar-refractivity contribution is 5.75. The molecule has 11 nitrogen and oxygen atoms in total. The summed E-state index contributed by atoms with van der Waals surface area (Å²) >= 11 is 0. The van der Waals surface area contributed by atoms with E-state index in [0.717, 1.165) is 0 Å². The van der Waals surface area contributed by atoms with E-state index in [1.165, 1.54) is 6.92 Å². The first-order valence-electron chi connectivity index (χ1n) is 8.00. The number of ether oxygens (including phenoxy) is 1. The van der Waals surface area contributed by atoms with Crippen molar-refractivity contribution in [3.05, 3.63) is 0 Å². The predicted octanol–water partition coefficient (Wildman–Crippen LogP) is -2.99. The van der Waals surface area contributed by atoms with Crippen LogP contribution in [0.5, 0.6) is 0 Å². The fourth-order valence-electron chi connectivity index (χ4n) is 1.86. The average molecular weight is 377 g/mol. The number of hydrogen-bond acceptors (Lipinski definition) is 7. The molecule has 0 aromatic carbocycles. The van der Waals surface area contributed by atoms with E-state index in [1.807, 2.05) is 21.1 Å². The third-order valence-electron chi connectivity index (χ3n) is 2.81. The molecule has 26 heavy (non-hydrogen) atoms. The highest BCUT2D eigenvalue weighted by Crippen LogP contribution is 2.04. The van der Waals surface area contributed by atoms with Gasteiger partial charge >= 0.3 is 12.0 Å². The molecule has 7 N–H and O–H groups in total. The Balaban J connectivity index is 0. The van der Waals surface area contributed by atoms with E-state index in [4.69, 9.17) is 21.9 Å². The first-order chi connectivity index (χ1) is 11.7. The standard InChI is InChI=1S/C9H18N2O3.C6H13N3O3/c1-7(12)14-8(5-9(10)13)6-11(2,3)4;7-4(5(10)11)2-1-3-9-6(8)12/h8H,5-6H2,1-4H3,(H-,10,13);4H,1-3,7H2,(H,10,11)(H3,8,9,12)/t;4-/m.0/s1. The van der Waals surface area contributed by atoms with E-state index in [0.29, 0.717) is 24.0 Å². The normalized spacial score (nSPS) is 12.8. The van der Waals surface area contributed by atoms with Crippen LogP contribution in [0.3, 0.4) is 0 Å². The van der Waals surface area contributed by atoms with E-state index in [1.54, 1.807) is 0 Å². The second-order valence-corrected chi connectivity index (χ2v) is 6.73. The van der Waals surface area contributed by atoms with Gasteiger partial charge in [0.1, 0.15) is 6.54 Å². The molecule has 0 aromatic rings. The Morgan fingerprint density at radius 3 is 2.04 bits per heavy atom. The summed E-state index contributed by atoms with van der Waals surface area (Å²) in [6.45, 7) is 2.22. The summed E-state index contributed by atoms with van der Waals surface area (Å²) in [6.07, 6.45) is 0.389. The number of nitrogens with one attached hydrogen (secondary N) is 1. The topological polar surface area (TPSA) is 191 Å². The van der Waals surface area contributed by atoms with E-state index < -0.39 is 30.1 Å². The molecule has 0 rings (SSSR count). The lowest BCUT2D eigenvalue weighted by Crippen LogP contribution is -2.44. The minimum Gasteiger partial charge on any atom is -0.548 e. The van der Waals surface area contributed by atoms with Crippen LogP contribution in [-0.4, -0.2) is 74.7 Å². The van der Waals surface area contributed by atoms with Gasteiger partial charge in [-0.15, -0.1) is 0 Å². The van der Waals surface area contributed by atoms with Gasteiger partial charge in [0.15, 0.2) is 6.10 Å². The van der Waals surface area contributed by atoms with Gasteiger partial charge in [-0.3, -0.25) is 9.59 Å². The van der Waals surface area contributed by atoms with Crippen LogP contribution in [0.25, 0.3) is 0 Å². The van der Waals surface area contributed by atoms with Crippen molar-refractivity contribution in [2.75, 3.05) is 34.2 Å². The van der Waals surface area contributed by atoms with Gasteiger partial charge in [0.25, 0.3) is 0 Å². The molecule has 0 fully saturated rings. The number of urea groups is 1. The van der Waals surface area contributed by atoms with Gasteiger partial charge in [-0.25, -0.2) is 4.79 Å². The fraction of sp³-hybridized carbons (Fsp3) is 0.733. The molecule has 0 bridgehead atoms. The summed E-state index contributed by atoms with van der Waals surface area (Å²) in [5, 5.41) is 12.4. The molecule has 11 heteroatoms. The number of carboxylic acids is 1. The average Bonchev–Trinajstić information content (AvgIpc) is 2.40. The highest BCUT2D eigenvalue weighted by atomic mass is 16.5. The number of carbonyl (C=O) groups excluding carboxylic acids is 4. The second kappa shape index (κ2) is 12.9. The van der Waals surface area contributed by atoms with E-state index >= 15 is 0 Å². The minimum absolute atomic E-state index is 0.0785. The summed E-state index contributed by atoms with van der Waals surface area (Å²) in [4.78, 5) is 41.6. The van der Waals surface area contributed by atoms with Crippen LogP contribution in [0.2, 0.25) is 0 Å². The predicted molar refractivity (Wildman–Crippen MR) is 92.1 cm³/mol. The fourth-order valence-corrected chi connectivity index (χ4v) is 1.86. The number of hydrogen-bond donors (Lipinski definition) is 4. The van der Waals surface area contributed by atoms with Gasteiger partial charge in [-0.05, 0) is 12.8 Å². The molecular formula is C15H31N5O6. The number of aliphatic carboxylic acids is 1. The molecule has 0 heterocycles. The maximum Gasteiger partial charge on any atom is 0.312 e. The van der Waals surface area contributed by atoms with Gasteiger partial charge < -0.3 is 41.6 Å². The molecule has 152 valence electrons. The Kier molecular flexibility index (Phi) is 12.8. The van der Waals surface area contributed by atoms with Crippen molar-refractivity contribution in [2.45, 2.75) is 38.3 Å². The maximum atomic E-state index is 10.7. The number of rotatable bonds is 10. The number of likely N-dealkylation sites (N-methyl/N-ethyl adjacent to an activating group) is 1. The first kappa shape index (κ1) is 25.8. The molecule has 0 aliphatic carbocycles. The van der Waals surface area contributed by atoms with Crippen LogP contribution >= 0.6 is 0 Å². The third kappa shape index (κ3) is 19.6. The summed E-state index contributed by atoms with van der Waals surface area (Å²) in [5.41, 5.74) is 14.9. The lowest BCUT2D eigenvalue weighted by Gasteiger charge is -2.28.